The maximum atomic E-state index is 4.03. The van der Waals surface area contributed by atoms with Gasteiger partial charge in [-0.2, -0.15) is 0 Å². The number of hydrogen-bond donors (Lipinski definition) is 0. The summed E-state index contributed by atoms with van der Waals surface area (Å²) in [5, 5.41) is 0. The molecule has 7 rings (SSSR count). The van der Waals surface area contributed by atoms with Crippen molar-refractivity contribution < 1.29 is 43.1 Å². The molecule has 0 radical (unpaired) electrons. The monoisotopic (exact) mass is 1230 g/mol. The van der Waals surface area contributed by atoms with Crippen LogP contribution in [0.5, 0.6) is 0 Å². The van der Waals surface area contributed by atoms with Crippen LogP contribution in [0.4, 0.5) is 22.7 Å². The molecular weight excluding hydrogens is 1150 g/mol. The molecule has 0 aromatic heterocycles. The first-order chi connectivity index (χ1) is 32.9. The highest BCUT2D eigenvalue weighted by Crippen LogP contribution is 2.36. The van der Waals surface area contributed by atoms with Crippen molar-refractivity contribution in [2.45, 2.75) is 83.1 Å². The molecule has 0 saturated carbocycles. The van der Waals surface area contributed by atoms with Crippen LogP contribution in [0.3, 0.4) is 0 Å². The molecule has 2 aliphatic heterocycles. The van der Waals surface area contributed by atoms with Gasteiger partial charge in [-0.05, 0) is 184 Å². The quantitative estimate of drug-likeness (QED) is 0.127. The van der Waals surface area contributed by atoms with Crippen LogP contribution in [-0.2, 0) is 0 Å². The van der Waals surface area contributed by atoms with E-state index in [1.165, 1.54) is 101 Å². The molecule has 0 bridgehead atoms. The summed E-state index contributed by atoms with van der Waals surface area (Å²) in [6, 6.07) is 30.5. The van der Waals surface area contributed by atoms with E-state index in [9.17, 15) is 0 Å². The SMILES string of the molecule is Cc1cc(C)c(N2CC[N+](c3c(C)cc(C)cc3C)=C2B(B(Br)N(C)C)N(C)C)c(C)c1.Cc1cc(C)c(N2CC[N+](c3c(C)cc(C)cc3C)=C2B(B(Br)N(C)C)N(C)C)c(C)c1.[Br-].[Br-].c1ccccc1. The third-order valence-electron chi connectivity index (χ3n) is 13.6. The Balaban J connectivity index is 0.000000331. The van der Waals surface area contributed by atoms with Gasteiger partial charge in [0, 0.05) is 0 Å². The predicted octanol–water partition coefficient (Wildman–Crippen LogP) is 5.13. The number of amidine groups is 2. The second-order valence-electron chi connectivity index (χ2n) is 21.0. The van der Waals surface area contributed by atoms with Gasteiger partial charge in [0.25, 0.3) is 0 Å². The average molecular weight is 1230 g/mol. The summed E-state index contributed by atoms with van der Waals surface area (Å²) in [5.74, 6) is 0. The zero-order valence-corrected chi connectivity index (χ0v) is 53.7. The van der Waals surface area contributed by atoms with Gasteiger partial charge < -0.3 is 53.2 Å². The first-order valence-corrected chi connectivity index (χ1v) is 26.8. The molecule has 0 aliphatic carbocycles. The Kier molecular flexibility index (Phi) is 24.4. The highest BCUT2D eigenvalue weighted by atomic mass is 79.9. The van der Waals surface area contributed by atoms with Crippen LogP contribution < -0.4 is 43.8 Å². The lowest BCUT2D eigenvalue weighted by Crippen LogP contribution is -3.00. The van der Waals surface area contributed by atoms with E-state index in [-0.39, 0.29) is 58.6 Å². The highest BCUT2D eigenvalue weighted by Gasteiger charge is 2.51. The van der Waals surface area contributed by atoms with Crippen molar-refractivity contribution in [3.8, 4) is 0 Å². The van der Waals surface area contributed by atoms with Crippen LogP contribution in [0, 0.1) is 83.1 Å². The second-order valence-corrected chi connectivity index (χ2v) is 22.8. The van der Waals surface area contributed by atoms with Gasteiger partial charge in [0.1, 0.15) is 48.9 Å². The second kappa shape index (κ2) is 27.7. The summed E-state index contributed by atoms with van der Waals surface area (Å²) in [4.78, 5) is 14.4. The Hall–Kier alpha value is -2.94. The molecule has 386 valence electrons. The minimum absolute atomic E-state index is 0. The van der Waals surface area contributed by atoms with E-state index in [1.807, 2.05) is 36.4 Å². The van der Waals surface area contributed by atoms with E-state index in [1.54, 1.807) is 0 Å². The van der Waals surface area contributed by atoms with Crippen LogP contribution in [0.2, 0.25) is 0 Å². The van der Waals surface area contributed by atoms with Crippen molar-refractivity contribution in [1.82, 2.24) is 19.2 Å². The zero-order valence-electron chi connectivity index (χ0n) is 47.3. The Morgan fingerprint density at radius 3 is 0.806 bits per heavy atom. The molecule has 0 atom stereocenters. The molecule has 72 heavy (non-hydrogen) atoms. The topological polar surface area (TPSA) is 25.5 Å². The average Bonchev–Trinajstić information content (AvgIpc) is 3.84. The molecule has 0 fully saturated rings. The standard InChI is InChI=1S/2C25H38B2BrN4.C6H6.2BrH/c2*1-17-13-19(3)23(20(4)14-17)31-11-12-32(24-21(5)15-18(2)16-22(24)6)25(31)26(29(7)8)27(28)30(9)10;1-2-4-6-5-3-1;;/h2*13-16H,11-12H2,1-10H3;1-6H;2*1H/q2*+1;;;/p-2. The first-order valence-electron chi connectivity index (χ1n) is 25.0. The van der Waals surface area contributed by atoms with Crippen LogP contribution in [-0.4, -0.2) is 147 Å². The Morgan fingerprint density at radius 1 is 0.375 bits per heavy atom. The van der Waals surface area contributed by atoms with Gasteiger partial charge >= 0.3 is 24.6 Å². The molecule has 0 unspecified atom stereocenters. The molecule has 0 amide bonds. The van der Waals surface area contributed by atoms with Gasteiger partial charge in [-0.25, -0.2) is 19.0 Å². The normalized spacial score (nSPS) is 13.3. The van der Waals surface area contributed by atoms with Crippen molar-refractivity contribution in [3.63, 3.8) is 0 Å². The fourth-order valence-electron chi connectivity index (χ4n) is 11.2. The summed E-state index contributed by atoms with van der Waals surface area (Å²) in [7, 11) is 17.3. The summed E-state index contributed by atoms with van der Waals surface area (Å²) in [6.45, 7) is 31.0. The van der Waals surface area contributed by atoms with Gasteiger partial charge in [-0.3, -0.25) is 0 Å². The van der Waals surface area contributed by atoms with E-state index in [0.29, 0.717) is 0 Å². The smallest absolute Gasteiger partial charge is 0.362 e. The maximum absolute atomic E-state index is 4.03. The summed E-state index contributed by atoms with van der Waals surface area (Å²) >= 11 is 8.05. The molecule has 5 aromatic rings. The molecule has 0 N–H and O–H groups in total. The van der Waals surface area contributed by atoms with E-state index < -0.39 is 0 Å². The Morgan fingerprint density at radius 2 is 0.597 bits per heavy atom. The van der Waals surface area contributed by atoms with Crippen molar-refractivity contribution in [2.75, 3.05) is 92.4 Å². The molecule has 0 spiro atoms. The number of benzene rings is 5. The lowest BCUT2D eigenvalue weighted by atomic mass is 9.32. The number of rotatable bonds is 12. The predicted molar refractivity (Wildman–Crippen MR) is 319 cm³/mol. The summed E-state index contributed by atoms with van der Waals surface area (Å²) in [5.41, 5.74) is 24.4. The van der Waals surface area contributed by atoms with Crippen molar-refractivity contribution in [1.29, 1.82) is 0 Å². The van der Waals surface area contributed by atoms with E-state index in [4.69, 9.17) is 0 Å². The van der Waals surface area contributed by atoms with Crippen LogP contribution in [0.25, 0.3) is 0 Å². The molecule has 8 nitrogen and oxygen atoms in total. The fraction of sp³-hybridized carbons (Fsp3) is 0.429. The number of nitrogens with zero attached hydrogens (tertiary/aromatic N) is 8. The van der Waals surface area contributed by atoms with Crippen molar-refractivity contribution in [2.24, 2.45) is 0 Å². The van der Waals surface area contributed by atoms with Gasteiger partial charge in [-0.1, -0.05) is 107 Å². The largest absolute Gasteiger partial charge is 1.00 e. The van der Waals surface area contributed by atoms with Gasteiger partial charge in [0.05, 0.1) is 0 Å². The molecule has 16 heteroatoms. The lowest BCUT2D eigenvalue weighted by Gasteiger charge is -2.29. The molecule has 2 heterocycles. The number of halogens is 4. The third-order valence-corrected chi connectivity index (χ3v) is 16.3. The van der Waals surface area contributed by atoms with E-state index in [2.05, 4.69) is 258 Å². The fourth-order valence-corrected chi connectivity index (χ4v) is 12.7. The minimum atomic E-state index is 0. The van der Waals surface area contributed by atoms with E-state index >= 15 is 0 Å². The summed E-state index contributed by atoms with van der Waals surface area (Å²) in [6.07, 6.45) is 0. The van der Waals surface area contributed by atoms with Gasteiger partial charge in [-0.15, -0.1) is 31.5 Å². The lowest BCUT2D eigenvalue weighted by molar-refractivity contribution is -0.427. The Bertz CT molecular complexity index is 2410. The third kappa shape index (κ3) is 14.7. The van der Waals surface area contributed by atoms with Gasteiger partial charge in [0.15, 0.2) is 0 Å². The number of hydrogen-bond acceptors (Lipinski definition) is 6. The van der Waals surface area contributed by atoms with Crippen LogP contribution >= 0.6 is 31.5 Å². The summed E-state index contributed by atoms with van der Waals surface area (Å²) < 4.78 is 5.15. The van der Waals surface area contributed by atoms with Crippen molar-refractivity contribution >= 4 is 90.3 Å². The zero-order chi connectivity index (χ0) is 52.0. The molecule has 5 aromatic carbocycles. The highest BCUT2D eigenvalue weighted by molar-refractivity contribution is 9.26. The Labute approximate surface area is 476 Å². The number of aryl methyl sites for hydroxylation is 12. The minimum Gasteiger partial charge on any atom is -1.00 e. The molecule has 0 saturated heterocycles. The molecular formula is C56H82B4Br4N8. The van der Waals surface area contributed by atoms with Crippen molar-refractivity contribution in [3.05, 3.63) is 152 Å². The number of anilines is 2. The van der Waals surface area contributed by atoms with Gasteiger partial charge in [0.2, 0.25) is 11.5 Å². The first kappa shape index (κ1) is 63.4. The van der Waals surface area contributed by atoms with Crippen LogP contribution in [0.15, 0.2) is 84.9 Å². The van der Waals surface area contributed by atoms with Crippen LogP contribution in [0.1, 0.15) is 66.8 Å². The maximum Gasteiger partial charge on any atom is 0.362 e. The molecule has 2 aliphatic rings. The van der Waals surface area contributed by atoms with E-state index in [0.717, 1.165) is 26.2 Å².